The lowest BCUT2D eigenvalue weighted by Gasteiger charge is -2.11. The highest BCUT2D eigenvalue weighted by molar-refractivity contribution is 6.32. The second-order valence-electron chi connectivity index (χ2n) is 6.51. The number of hydrogen-bond donors (Lipinski definition) is 1. The predicted octanol–water partition coefficient (Wildman–Crippen LogP) is 3.72. The zero-order valence-corrected chi connectivity index (χ0v) is 17.9. The van der Waals surface area contributed by atoms with Gasteiger partial charge < -0.3 is 14.0 Å². The number of nitrogens with one attached hydrogen (secondary N) is 1. The topological polar surface area (TPSA) is 81.9 Å². The number of hydrazone groups is 1. The van der Waals surface area contributed by atoms with Crippen molar-refractivity contribution in [2.75, 3.05) is 13.7 Å². The molecule has 3 rings (SSSR count). The number of hydrogen-bond acceptors (Lipinski definition) is 5. The largest absolute Gasteiger partial charge is 0.493 e. The summed E-state index contributed by atoms with van der Waals surface area (Å²) in [5.74, 6) is 0.290. The number of halogens is 1. The number of rotatable bonds is 8. The van der Waals surface area contributed by atoms with Gasteiger partial charge in [0.05, 0.1) is 31.5 Å². The van der Waals surface area contributed by atoms with Crippen LogP contribution in [0.15, 0.2) is 70.7 Å². The molecule has 7 nitrogen and oxygen atoms in total. The van der Waals surface area contributed by atoms with Crippen molar-refractivity contribution in [2.45, 2.75) is 13.5 Å². The minimum atomic E-state index is -0.604. The predicted molar refractivity (Wildman–Crippen MR) is 120 cm³/mol. The van der Waals surface area contributed by atoms with Gasteiger partial charge in [-0.15, -0.1) is 0 Å². The molecule has 1 amide bonds. The summed E-state index contributed by atoms with van der Waals surface area (Å²) in [6, 6.07) is 16.0. The number of methoxy groups -OCH3 is 1. The van der Waals surface area contributed by atoms with Crippen molar-refractivity contribution >= 4 is 23.7 Å². The molecule has 1 aromatic heterocycles. The molecule has 160 valence electrons. The Kier molecular flexibility index (Phi) is 7.45. The molecule has 0 unspecified atom stereocenters. The van der Waals surface area contributed by atoms with Gasteiger partial charge in [0.2, 0.25) is 0 Å². The lowest BCUT2D eigenvalue weighted by atomic mass is 10.2. The molecule has 0 aliphatic carbocycles. The van der Waals surface area contributed by atoms with E-state index in [1.165, 1.54) is 24.0 Å². The van der Waals surface area contributed by atoms with Gasteiger partial charge in [-0.25, -0.2) is 5.43 Å². The van der Waals surface area contributed by atoms with Crippen LogP contribution in [0.4, 0.5) is 0 Å². The fraction of sp³-hybridized carbons (Fsp3) is 0.174. The Morgan fingerprint density at radius 2 is 1.97 bits per heavy atom. The summed E-state index contributed by atoms with van der Waals surface area (Å²) in [6.07, 6.45) is 3.05. The number of ether oxygens (including phenoxy) is 2. The third kappa shape index (κ3) is 5.52. The van der Waals surface area contributed by atoms with Crippen LogP contribution in [0.1, 0.15) is 28.4 Å². The Balaban J connectivity index is 1.74. The van der Waals surface area contributed by atoms with Crippen LogP contribution in [0.3, 0.4) is 0 Å². The van der Waals surface area contributed by atoms with E-state index in [1.54, 1.807) is 24.4 Å². The van der Waals surface area contributed by atoms with E-state index < -0.39 is 11.5 Å². The Morgan fingerprint density at radius 3 is 2.68 bits per heavy atom. The molecule has 31 heavy (non-hydrogen) atoms. The maximum absolute atomic E-state index is 12.7. The van der Waals surface area contributed by atoms with E-state index in [1.807, 2.05) is 37.3 Å². The Bertz CT molecular complexity index is 1140. The molecule has 0 aliphatic heterocycles. The average Bonchev–Trinajstić information content (AvgIpc) is 2.77. The molecule has 0 saturated heterocycles. The first-order valence-corrected chi connectivity index (χ1v) is 9.98. The fourth-order valence-electron chi connectivity index (χ4n) is 2.94. The minimum Gasteiger partial charge on any atom is -0.493 e. The van der Waals surface area contributed by atoms with Gasteiger partial charge in [0.25, 0.3) is 11.5 Å². The molecule has 8 heteroatoms. The van der Waals surface area contributed by atoms with Crippen LogP contribution in [-0.4, -0.2) is 30.4 Å². The number of carbonyl (C=O) groups is 1. The van der Waals surface area contributed by atoms with E-state index in [0.29, 0.717) is 35.2 Å². The van der Waals surface area contributed by atoms with Crippen molar-refractivity contribution in [2.24, 2.45) is 5.10 Å². The Labute approximate surface area is 184 Å². The third-order valence-corrected chi connectivity index (χ3v) is 4.66. The zero-order chi connectivity index (χ0) is 22.2. The van der Waals surface area contributed by atoms with Crippen molar-refractivity contribution in [3.8, 4) is 11.5 Å². The van der Waals surface area contributed by atoms with Crippen molar-refractivity contribution in [1.29, 1.82) is 0 Å². The Hall–Kier alpha value is -3.58. The molecule has 0 radical (unpaired) electrons. The normalized spacial score (nSPS) is 10.8. The molecule has 0 atom stereocenters. The van der Waals surface area contributed by atoms with Gasteiger partial charge in [-0.3, -0.25) is 9.59 Å². The maximum Gasteiger partial charge on any atom is 0.276 e. The summed E-state index contributed by atoms with van der Waals surface area (Å²) >= 11 is 6.24. The number of nitrogens with zero attached hydrogens (tertiary/aromatic N) is 2. The number of amides is 1. The smallest absolute Gasteiger partial charge is 0.276 e. The van der Waals surface area contributed by atoms with E-state index in [0.717, 1.165) is 5.56 Å². The van der Waals surface area contributed by atoms with Crippen LogP contribution in [0.2, 0.25) is 5.02 Å². The van der Waals surface area contributed by atoms with Crippen LogP contribution in [-0.2, 0) is 6.54 Å². The van der Waals surface area contributed by atoms with E-state index in [9.17, 15) is 9.59 Å². The first-order chi connectivity index (χ1) is 15.0. The molecule has 3 aromatic rings. The fourth-order valence-corrected chi connectivity index (χ4v) is 3.21. The van der Waals surface area contributed by atoms with Gasteiger partial charge in [0.1, 0.15) is 5.56 Å². The molecule has 0 spiro atoms. The third-order valence-electron chi connectivity index (χ3n) is 4.38. The highest BCUT2D eigenvalue weighted by Crippen LogP contribution is 2.35. The van der Waals surface area contributed by atoms with Crippen LogP contribution < -0.4 is 20.5 Å². The number of benzene rings is 2. The first kappa shape index (κ1) is 22.1. The van der Waals surface area contributed by atoms with Gasteiger partial charge >= 0.3 is 0 Å². The van der Waals surface area contributed by atoms with Gasteiger partial charge in [-0.05, 0) is 42.3 Å². The van der Waals surface area contributed by atoms with E-state index in [-0.39, 0.29) is 5.56 Å². The van der Waals surface area contributed by atoms with Crippen LogP contribution in [0, 0.1) is 0 Å². The number of carbonyl (C=O) groups excluding carboxylic acids is 1. The van der Waals surface area contributed by atoms with Crippen LogP contribution in [0.5, 0.6) is 11.5 Å². The summed E-state index contributed by atoms with van der Waals surface area (Å²) in [5, 5.41) is 4.30. The van der Waals surface area contributed by atoms with E-state index in [4.69, 9.17) is 21.1 Å². The number of pyridine rings is 1. The van der Waals surface area contributed by atoms with E-state index in [2.05, 4.69) is 10.5 Å². The molecular weight excluding hydrogens is 418 g/mol. The molecule has 1 N–H and O–H groups in total. The SMILES string of the molecule is CCOc1c(Cl)cc(/C=N\NC(=O)c2cccn(Cc3ccccc3)c2=O)cc1OC. The second kappa shape index (κ2) is 10.4. The maximum atomic E-state index is 12.7. The van der Waals surface area contributed by atoms with Gasteiger partial charge in [-0.1, -0.05) is 41.9 Å². The molecule has 1 heterocycles. The molecule has 0 aliphatic rings. The van der Waals surface area contributed by atoms with Crippen LogP contribution in [0.25, 0.3) is 0 Å². The monoisotopic (exact) mass is 439 g/mol. The zero-order valence-electron chi connectivity index (χ0n) is 17.2. The molecule has 0 bridgehead atoms. The van der Waals surface area contributed by atoms with Crippen molar-refractivity contribution < 1.29 is 14.3 Å². The Morgan fingerprint density at radius 1 is 1.19 bits per heavy atom. The van der Waals surface area contributed by atoms with Gasteiger partial charge in [0, 0.05) is 6.20 Å². The summed E-state index contributed by atoms with van der Waals surface area (Å²) in [7, 11) is 1.51. The standard InChI is InChI=1S/C23H22ClN3O4/c1-3-31-21-19(24)12-17(13-20(21)30-2)14-25-26-22(28)18-10-7-11-27(23(18)29)15-16-8-5-4-6-9-16/h4-14H,3,15H2,1-2H3,(H,26,28)/b25-14-. The summed E-state index contributed by atoms with van der Waals surface area (Å²) in [6.45, 7) is 2.66. The molecular formula is C23H22ClN3O4. The van der Waals surface area contributed by atoms with Crippen molar-refractivity contribution in [1.82, 2.24) is 9.99 Å². The van der Waals surface area contributed by atoms with Crippen molar-refractivity contribution in [3.63, 3.8) is 0 Å². The van der Waals surface area contributed by atoms with Crippen LogP contribution >= 0.6 is 11.6 Å². The summed E-state index contributed by atoms with van der Waals surface area (Å²) < 4.78 is 12.2. The summed E-state index contributed by atoms with van der Waals surface area (Å²) in [4.78, 5) is 25.2. The molecule has 2 aromatic carbocycles. The quantitative estimate of drug-likeness (QED) is 0.428. The lowest BCUT2D eigenvalue weighted by molar-refractivity contribution is 0.0953. The van der Waals surface area contributed by atoms with Gasteiger partial charge in [-0.2, -0.15) is 5.10 Å². The molecule has 0 saturated carbocycles. The van der Waals surface area contributed by atoms with Gasteiger partial charge in [0.15, 0.2) is 11.5 Å². The van der Waals surface area contributed by atoms with E-state index >= 15 is 0 Å². The highest BCUT2D eigenvalue weighted by atomic mass is 35.5. The minimum absolute atomic E-state index is 0.00196. The van der Waals surface area contributed by atoms with Crippen molar-refractivity contribution in [3.05, 3.63) is 92.9 Å². The highest BCUT2D eigenvalue weighted by Gasteiger charge is 2.13. The summed E-state index contributed by atoms with van der Waals surface area (Å²) in [5.41, 5.74) is 3.53. The average molecular weight is 440 g/mol. The lowest BCUT2D eigenvalue weighted by Crippen LogP contribution is -2.30. The first-order valence-electron chi connectivity index (χ1n) is 9.60. The number of aromatic nitrogens is 1. The second-order valence-corrected chi connectivity index (χ2v) is 6.91. The molecule has 0 fully saturated rings.